The summed E-state index contributed by atoms with van der Waals surface area (Å²) in [7, 11) is 0. The number of nitrogens with zero attached hydrogens (tertiary/aromatic N) is 1. The number of hydrogen-bond acceptors (Lipinski definition) is 1. The third kappa shape index (κ3) is 0.786. The van der Waals surface area contributed by atoms with Crippen molar-refractivity contribution in [3.63, 3.8) is 0 Å². The normalized spacial score (nSPS) is 9.73. The molecule has 2 heteroatoms. The fourth-order valence-corrected chi connectivity index (χ4v) is 1.10. The Morgan fingerprint density at radius 1 is 1.55 bits per heavy atom. The molecular weight excluding hydrogens is 136 g/mol. The molecule has 1 heterocycles. The Kier molecular flexibility index (Phi) is 1.16. The highest BCUT2D eigenvalue weighted by atomic mass is 14.7. The van der Waals surface area contributed by atoms with Crippen LogP contribution >= 0.6 is 0 Å². The highest BCUT2D eigenvalue weighted by Gasteiger charge is 1.99. The zero-order valence-corrected chi connectivity index (χ0v) is 5.76. The molecule has 0 saturated heterocycles. The SMILES string of the molecule is N#Cc1c[nH]c2c[c]ccc12. The molecule has 0 aliphatic heterocycles. The molecular formula is C9H5N2. The molecule has 0 spiro atoms. The van der Waals surface area contributed by atoms with Crippen LogP contribution in [0.3, 0.4) is 0 Å². The highest BCUT2D eigenvalue weighted by Crippen LogP contribution is 2.15. The van der Waals surface area contributed by atoms with Crippen molar-refractivity contribution >= 4 is 10.9 Å². The van der Waals surface area contributed by atoms with Gasteiger partial charge >= 0.3 is 0 Å². The number of hydrogen-bond donors (Lipinski definition) is 1. The lowest BCUT2D eigenvalue weighted by atomic mass is 10.2. The van der Waals surface area contributed by atoms with Gasteiger partial charge in [0.25, 0.3) is 0 Å². The molecule has 2 rings (SSSR count). The minimum absolute atomic E-state index is 0.689. The second kappa shape index (κ2) is 2.14. The Bertz CT molecular complexity index is 420. The van der Waals surface area contributed by atoms with E-state index in [9.17, 15) is 0 Å². The zero-order chi connectivity index (χ0) is 7.68. The number of rotatable bonds is 0. The predicted octanol–water partition coefficient (Wildman–Crippen LogP) is 1.84. The number of aromatic amines is 1. The quantitative estimate of drug-likeness (QED) is 0.597. The molecule has 2 aromatic rings. The van der Waals surface area contributed by atoms with E-state index in [2.05, 4.69) is 17.1 Å². The van der Waals surface area contributed by atoms with Crippen LogP contribution in [-0.4, -0.2) is 4.98 Å². The molecule has 0 unspecified atom stereocenters. The van der Waals surface area contributed by atoms with Crippen LogP contribution in [0.15, 0.2) is 24.4 Å². The van der Waals surface area contributed by atoms with E-state index in [1.807, 2.05) is 12.1 Å². The van der Waals surface area contributed by atoms with E-state index in [0.29, 0.717) is 5.56 Å². The fraction of sp³-hybridized carbons (Fsp3) is 0. The third-order valence-corrected chi connectivity index (χ3v) is 1.65. The summed E-state index contributed by atoms with van der Waals surface area (Å²) in [6.07, 6.45) is 1.71. The first-order chi connectivity index (χ1) is 5.42. The van der Waals surface area contributed by atoms with Crippen molar-refractivity contribution in [1.82, 2.24) is 4.98 Å². The van der Waals surface area contributed by atoms with Gasteiger partial charge in [-0.1, -0.05) is 12.1 Å². The Hall–Kier alpha value is -1.75. The molecule has 0 atom stereocenters. The Labute approximate surface area is 64.1 Å². The second-order valence-corrected chi connectivity index (χ2v) is 2.29. The van der Waals surface area contributed by atoms with E-state index in [0.717, 1.165) is 10.9 Å². The summed E-state index contributed by atoms with van der Waals surface area (Å²) in [5, 5.41) is 9.61. The van der Waals surface area contributed by atoms with Gasteiger partial charge in [-0.25, -0.2) is 0 Å². The number of nitrogens with one attached hydrogen (secondary N) is 1. The van der Waals surface area contributed by atoms with Crippen LogP contribution in [0.5, 0.6) is 0 Å². The maximum absolute atomic E-state index is 8.64. The van der Waals surface area contributed by atoms with Gasteiger partial charge in [0, 0.05) is 17.1 Å². The standard InChI is InChI=1S/C9H5N2/c10-5-7-6-11-9-4-2-1-3-8(7)9/h1,3-4,6,11H. The molecule has 0 saturated carbocycles. The topological polar surface area (TPSA) is 39.6 Å². The molecule has 0 fully saturated rings. The van der Waals surface area contributed by atoms with Crippen LogP contribution in [0, 0.1) is 17.4 Å². The van der Waals surface area contributed by atoms with Gasteiger partial charge in [0.15, 0.2) is 0 Å². The molecule has 1 aromatic carbocycles. The monoisotopic (exact) mass is 141 g/mol. The minimum Gasteiger partial charge on any atom is -0.360 e. The second-order valence-electron chi connectivity index (χ2n) is 2.29. The Morgan fingerprint density at radius 2 is 2.45 bits per heavy atom. The summed E-state index contributed by atoms with van der Waals surface area (Å²) < 4.78 is 0. The molecule has 11 heavy (non-hydrogen) atoms. The Balaban J connectivity index is 2.89. The zero-order valence-electron chi connectivity index (χ0n) is 5.76. The number of benzene rings is 1. The molecule has 1 aromatic heterocycles. The first-order valence-corrected chi connectivity index (χ1v) is 3.29. The molecule has 1 radical (unpaired) electrons. The van der Waals surface area contributed by atoms with Crippen molar-refractivity contribution in [2.75, 3.05) is 0 Å². The van der Waals surface area contributed by atoms with E-state index in [1.54, 1.807) is 12.3 Å². The van der Waals surface area contributed by atoms with Crippen molar-refractivity contribution in [2.45, 2.75) is 0 Å². The molecule has 0 aliphatic carbocycles. The van der Waals surface area contributed by atoms with Gasteiger partial charge in [0.05, 0.1) is 5.56 Å². The van der Waals surface area contributed by atoms with Gasteiger partial charge in [-0.3, -0.25) is 0 Å². The van der Waals surface area contributed by atoms with E-state index >= 15 is 0 Å². The van der Waals surface area contributed by atoms with Crippen LogP contribution in [0.1, 0.15) is 5.56 Å². The molecule has 1 N–H and O–H groups in total. The van der Waals surface area contributed by atoms with E-state index in [-0.39, 0.29) is 0 Å². The Morgan fingerprint density at radius 3 is 3.27 bits per heavy atom. The maximum atomic E-state index is 8.64. The smallest absolute Gasteiger partial charge is 0.101 e. The average Bonchev–Trinajstić information content (AvgIpc) is 2.47. The van der Waals surface area contributed by atoms with Crippen molar-refractivity contribution in [3.8, 4) is 6.07 Å². The number of aromatic nitrogens is 1. The van der Waals surface area contributed by atoms with Gasteiger partial charge in [-0.15, -0.1) is 0 Å². The van der Waals surface area contributed by atoms with Crippen LogP contribution in [-0.2, 0) is 0 Å². The summed E-state index contributed by atoms with van der Waals surface area (Å²) in [5.74, 6) is 0. The molecule has 0 aliphatic rings. The van der Waals surface area contributed by atoms with Crippen molar-refractivity contribution in [2.24, 2.45) is 0 Å². The van der Waals surface area contributed by atoms with Gasteiger partial charge in [-0.2, -0.15) is 5.26 Å². The average molecular weight is 141 g/mol. The van der Waals surface area contributed by atoms with Crippen molar-refractivity contribution in [1.29, 1.82) is 5.26 Å². The van der Waals surface area contributed by atoms with Gasteiger partial charge < -0.3 is 4.98 Å². The minimum atomic E-state index is 0.689. The van der Waals surface area contributed by atoms with Crippen LogP contribution in [0.25, 0.3) is 10.9 Å². The number of fused-ring (bicyclic) bond motifs is 1. The van der Waals surface area contributed by atoms with E-state index in [4.69, 9.17) is 5.26 Å². The largest absolute Gasteiger partial charge is 0.360 e. The van der Waals surface area contributed by atoms with Crippen LogP contribution < -0.4 is 0 Å². The first-order valence-electron chi connectivity index (χ1n) is 3.29. The summed E-state index contributed by atoms with van der Waals surface area (Å²) in [5.41, 5.74) is 1.65. The lowest BCUT2D eigenvalue weighted by molar-refractivity contribution is 1.45. The van der Waals surface area contributed by atoms with Gasteiger partial charge in [0.2, 0.25) is 0 Å². The summed E-state index contributed by atoms with van der Waals surface area (Å²) in [6.45, 7) is 0. The lowest BCUT2D eigenvalue weighted by Gasteiger charge is -1.85. The molecule has 0 amide bonds. The lowest BCUT2D eigenvalue weighted by Crippen LogP contribution is -1.67. The number of H-pyrrole nitrogens is 1. The van der Waals surface area contributed by atoms with Crippen molar-refractivity contribution in [3.05, 3.63) is 36.0 Å². The van der Waals surface area contributed by atoms with Gasteiger partial charge in [0.1, 0.15) is 6.07 Å². The summed E-state index contributed by atoms with van der Waals surface area (Å²) in [4.78, 5) is 2.99. The highest BCUT2D eigenvalue weighted by molar-refractivity contribution is 5.85. The van der Waals surface area contributed by atoms with E-state index in [1.165, 1.54) is 0 Å². The van der Waals surface area contributed by atoms with E-state index < -0.39 is 0 Å². The van der Waals surface area contributed by atoms with Crippen LogP contribution in [0.4, 0.5) is 0 Å². The fourth-order valence-electron chi connectivity index (χ4n) is 1.10. The van der Waals surface area contributed by atoms with Crippen LogP contribution in [0.2, 0.25) is 0 Å². The summed E-state index contributed by atoms with van der Waals surface area (Å²) >= 11 is 0. The summed E-state index contributed by atoms with van der Waals surface area (Å²) in [6, 6.07) is 10.5. The maximum Gasteiger partial charge on any atom is 0.101 e. The molecule has 51 valence electrons. The predicted molar refractivity (Wildman–Crippen MR) is 41.8 cm³/mol. The number of nitriles is 1. The van der Waals surface area contributed by atoms with Crippen molar-refractivity contribution < 1.29 is 0 Å². The molecule has 0 bridgehead atoms. The van der Waals surface area contributed by atoms with Gasteiger partial charge in [-0.05, 0) is 12.1 Å². The molecule has 2 nitrogen and oxygen atoms in total. The first kappa shape index (κ1) is 5.99. The third-order valence-electron chi connectivity index (χ3n) is 1.65.